The molecule has 1 amide bonds. The summed E-state index contributed by atoms with van der Waals surface area (Å²) in [6.07, 6.45) is 0.367. The third-order valence-corrected chi connectivity index (χ3v) is 3.36. The van der Waals surface area contributed by atoms with E-state index in [1.807, 2.05) is 38.1 Å². The molecule has 1 rings (SSSR count). The van der Waals surface area contributed by atoms with Gasteiger partial charge in [-0.05, 0) is 38.1 Å². The van der Waals surface area contributed by atoms with E-state index in [1.54, 1.807) is 0 Å². The van der Waals surface area contributed by atoms with Gasteiger partial charge in [-0.2, -0.15) is 0 Å². The van der Waals surface area contributed by atoms with Crippen LogP contribution in [0.25, 0.3) is 0 Å². The molecule has 0 aliphatic carbocycles. The monoisotopic (exact) mass is 384 g/mol. The Morgan fingerprint density at radius 2 is 1.96 bits per heavy atom. The van der Waals surface area contributed by atoms with Gasteiger partial charge in [-0.25, -0.2) is 0 Å². The highest BCUT2D eigenvalue weighted by Crippen LogP contribution is 2.14. The van der Waals surface area contributed by atoms with Crippen LogP contribution in [0.15, 0.2) is 33.7 Å². The van der Waals surface area contributed by atoms with Gasteiger partial charge in [0.25, 0.3) is 0 Å². The largest absolute Gasteiger partial charge is 0.380 e. The lowest BCUT2D eigenvalue weighted by atomic mass is 10.3. The molecule has 0 spiro atoms. The van der Waals surface area contributed by atoms with E-state index in [-0.39, 0.29) is 5.91 Å². The van der Waals surface area contributed by atoms with Crippen LogP contribution in [0, 0.1) is 0 Å². The lowest BCUT2D eigenvalue weighted by Crippen LogP contribution is -2.39. The molecule has 1 aromatic carbocycles. The molecule has 6 nitrogen and oxygen atoms in total. The number of hydrogen-bond donors (Lipinski definition) is 3. The Bertz CT molecular complexity index is 491. The summed E-state index contributed by atoms with van der Waals surface area (Å²) in [7, 11) is 0. The number of nitrogens with one attached hydrogen (secondary N) is 3. The van der Waals surface area contributed by atoms with E-state index in [9.17, 15) is 4.79 Å². The molecule has 3 N–H and O–H groups in total. The van der Waals surface area contributed by atoms with E-state index >= 15 is 0 Å². The first-order valence-electron chi connectivity index (χ1n) is 7.81. The van der Waals surface area contributed by atoms with Crippen molar-refractivity contribution in [1.29, 1.82) is 0 Å². The molecular formula is C16H25BrN4O2. The van der Waals surface area contributed by atoms with E-state index in [0.29, 0.717) is 38.7 Å². The van der Waals surface area contributed by atoms with Gasteiger partial charge in [0.2, 0.25) is 5.91 Å². The number of benzene rings is 1. The molecule has 0 bridgehead atoms. The van der Waals surface area contributed by atoms with Crippen LogP contribution in [-0.4, -0.2) is 44.7 Å². The maximum atomic E-state index is 11.9. The minimum Gasteiger partial charge on any atom is -0.380 e. The van der Waals surface area contributed by atoms with E-state index in [1.165, 1.54) is 0 Å². The highest BCUT2D eigenvalue weighted by molar-refractivity contribution is 9.10. The number of nitrogens with zero attached hydrogens (tertiary/aromatic N) is 1. The number of carbonyl (C=O) groups is 1. The van der Waals surface area contributed by atoms with E-state index in [4.69, 9.17) is 4.74 Å². The molecule has 0 saturated heterocycles. The SMILES string of the molecule is CCNC(=NCCOCC)NCCC(=O)Nc1ccc(Br)cc1. The van der Waals surface area contributed by atoms with Crippen LogP contribution < -0.4 is 16.0 Å². The Balaban J connectivity index is 2.31. The summed E-state index contributed by atoms with van der Waals surface area (Å²) in [5.74, 6) is 0.661. The van der Waals surface area contributed by atoms with Crippen molar-refractivity contribution in [2.45, 2.75) is 20.3 Å². The topological polar surface area (TPSA) is 74.8 Å². The fourth-order valence-corrected chi connectivity index (χ4v) is 2.02. The highest BCUT2D eigenvalue weighted by Gasteiger charge is 2.03. The second-order valence-corrected chi connectivity index (χ2v) is 5.61. The smallest absolute Gasteiger partial charge is 0.226 e. The number of carbonyl (C=O) groups excluding carboxylic acids is 1. The van der Waals surface area contributed by atoms with Crippen molar-refractivity contribution in [3.05, 3.63) is 28.7 Å². The van der Waals surface area contributed by atoms with Crippen molar-refractivity contribution in [3.63, 3.8) is 0 Å². The maximum Gasteiger partial charge on any atom is 0.226 e. The predicted molar refractivity (Wildman–Crippen MR) is 97.9 cm³/mol. The number of aliphatic imine (C=N–C) groups is 1. The number of ether oxygens (including phenoxy) is 1. The standard InChI is InChI=1S/C16H25BrN4O2/c1-3-18-16(20-11-12-23-4-2)19-10-9-15(22)21-14-7-5-13(17)6-8-14/h5-8H,3-4,9-12H2,1-2H3,(H,21,22)(H2,18,19,20). The van der Waals surface area contributed by atoms with Crippen LogP contribution in [0.5, 0.6) is 0 Å². The second-order valence-electron chi connectivity index (χ2n) is 4.69. The number of anilines is 1. The van der Waals surface area contributed by atoms with Crippen molar-refractivity contribution in [2.24, 2.45) is 4.99 Å². The van der Waals surface area contributed by atoms with Crippen molar-refractivity contribution >= 4 is 33.5 Å². The fourth-order valence-electron chi connectivity index (χ4n) is 1.76. The van der Waals surface area contributed by atoms with Crippen molar-refractivity contribution in [2.75, 3.05) is 38.2 Å². The number of amides is 1. The van der Waals surface area contributed by atoms with Crippen LogP contribution in [0.3, 0.4) is 0 Å². The molecular weight excluding hydrogens is 360 g/mol. The van der Waals surface area contributed by atoms with Crippen LogP contribution >= 0.6 is 15.9 Å². The zero-order chi connectivity index (χ0) is 16.9. The zero-order valence-corrected chi connectivity index (χ0v) is 15.3. The molecule has 0 aliphatic heterocycles. The highest BCUT2D eigenvalue weighted by atomic mass is 79.9. The first-order chi connectivity index (χ1) is 11.2. The average molecular weight is 385 g/mol. The molecule has 128 valence electrons. The maximum absolute atomic E-state index is 11.9. The third kappa shape index (κ3) is 9.20. The third-order valence-electron chi connectivity index (χ3n) is 2.83. The molecule has 0 aliphatic rings. The predicted octanol–water partition coefficient (Wildman–Crippen LogP) is 2.37. The zero-order valence-electron chi connectivity index (χ0n) is 13.7. The van der Waals surface area contributed by atoms with Gasteiger partial charge in [0.15, 0.2) is 5.96 Å². The first-order valence-corrected chi connectivity index (χ1v) is 8.60. The summed E-state index contributed by atoms with van der Waals surface area (Å²) in [5.41, 5.74) is 0.787. The van der Waals surface area contributed by atoms with E-state index < -0.39 is 0 Å². The number of halogens is 1. The molecule has 23 heavy (non-hydrogen) atoms. The van der Waals surface area contributed by atoms with Gasteiger partial charge in [-0.15, -0.1) is 0 Å². The normalized spacial score (nSPS) is 11.2. The van der Waals surface area contributed by atoms with Gasteiger partial charge in [0.1, 0.15) is 0 Å². The Labute approximate surface area is 146 Å². The lowest BCUT2D eigenvalue weighted by molar-refractivity contribution is -0.116. The molecule has 7 heteroatoms. The van der Waals surface area contributed by atoms with Gasteiger partial charge in [0.05, 0.1) is 13.2 Å². The summed E-state index contributed by atoms with van der Waals surface area (Å²) < 4.78 is 6.23. The number of rotatable bonds is 9. The Morgan fingerprint density at radius 3 is 2.61 bits per heavy atom. The van der Waals surface area contributed by atoms with Crippen molar-refractivity contribution in [1.82, 2.24) is 10.6 Å². The van der Waals surface area contributed by atoms with Crippen LogP contribution in [-0.2, 0) is 9.53 Å². The van der Waals surface area contributed by atoms with E-state index in [2.05, 4.69) is 36.9 Å². The molecule has 0 atom stereocenters. The number of guanidine groups is 1. The van der Waals surface area contributed by atoms with Crippen molar-refractivity contribution in [3.8, 4) is 0 Å². The van der Waals surface area contributed by atoms with Crippen LogP contribution in [0.4, 0.5) is 5.69 Å². The van der Waals surface area contributed by atoms with Crippen molar-refractivity contribution < 1.29 is 9.53 Å². The minimum atomic E-state index is -0.0370. The quantitative estimate of drug-likeness (QED) is 0.347. The summed E-state index contributed by atoms with van der Waals surface area (Å²) in [6, 6.07) is 7.49. The van der Waals surface area contributed by atoms with Gasteiger partial charge >= 0.3 is 0 Å². The van der Waals surface area contributed by atoms with E-state index in [0.717, 1.165) is 16.7 Å². The molecule has 1 aromatic rings. The van der Waals surface area contributed by atoms with Crippen LogP contribution in [0.2, 0.25) is 0 Å². The molecule has 0 fully saturated rings. The molecule has 0 aromatic heterocycles. The summed E-state index contributed by atoms with van der Waals surface area (Å²) >= 11 is 3.36. The molecule has 0 radical (unpaired) electrons. The Morgan fingerprint density at radius 1 is 1.22 bits per heavy atom. The molecule has 0 saturated carbocycles. The van der Waals surface area contributed by atoms with Crippen LogP contribution in [0.1, 0.15) is 20.3 Å². The van der Waals surface area contributed by atoms with Gasteiger partial charge in [-0.1, -0.05) is 15.9 Å². The second kappa shape index (κ2) is 11.9. The van der Waals surface area contributed by atoms with Gasteiger partial charge in [0, 0.05) is 36.3 Å². The summed E-state index contributed by atoms with van der Waals surface area (Å²) in [5, 5.41) is 9.13. The lowest BCUT2D eigenvalue weighted by Gasteiger charge is -2.11. The average Bonchev–Trinajstić information content (AvgIpc) is 2.53. The molecule has 0 heterocycles. The fraction of sp³-hybridized carbons (Fsp3) is 0.500. The first kappa shape index (κ1) is 19.4. The van der Waals surface area contributed by atoms with Gasteiger partial charge in [-0.3, -0.25) is 9.79 Å². The minimum absolute atomic E-state index is 0.0370. The van der Waals surface area contributed by atoms with Gasteiger partial charge < -0.3 is 20.7 Å². The number of hydrogen-bond acceptors (Lipinski definition) is 3. The summed E-state index contributed by atoms with van der Waals surface area (Å²) in [6.45, 7) is 7.12. The Hall–Kier alpha value is -1.60. The summed E-state index contributed by atoms with van der Waals surface area (Å²) in [4.78, 5) is 16.3. The Kier molecular flexibility index (Phi) is 10.1. The molecule has 0 unspecified atom stereocenters.